The zero-order valence-corrected chi connectivity index (χ0v) is 16.9. The van der Waals surface area contributed by atoms with Gasteiger partial charge in [0.1, 0.15) is 0 Å². The molecule has 2 aromatic rings. The van der Waals surface area contributed by atoms with E-state index >= 15 is 0 Å². The lowest BCUT2D eigenvalue weighted by molar-refractivity contribution is 0.0641. The number of carbonyl (C=O) groups is 1. The van der Waals surface area contributed by atoms with Crippen molar-refractivity contribution in [1.82, 2.24) is 14.2 Å². The minimum Gasteiger partial charge on any atom is -0.336 e. The molecule has 1 amide bonds. The van der Waals surface area contributed by atoms with E-state index in [1.54, 1.807) is 43.1 Å². The van der Waals surface area contributed by atoms with Gasteiger partial charge in [-0.1, -0.05) is 0 Å². The molecule has 1 atom stereocenters. The molecule has 0 radical (unpaired) electrons. The monoisotopic (exact) mass is 398 g/mol. The third-order valence-electron chi connectivity index (χ3n) is 4.90. The Morgan fingerprint density at radius 2 is 1.96 bits per heavy atom. The molecular formula is C20H22N4O3S. The highest BCUT2D eigenvalue weighted by atomic mass is 32.2. The molecular weight excluding hydrogens is 376 g/mol. The topological polar surface area (TPSA) is 94.4 Å². The summed E-state index contributed by atoms with van der Waals surface area (Å²) in [6.07, 6.45) is 1.55. The van der Waals surface area contributed by atoms with Gasteiger partial charge < -0.3 is 4.90 Å². The molecule has 7 nitrogen and oxygen atoms in total. The largest absolute Gasteiger partial charge is 0.336 e. The predicted octanol–water partition coefficient (Wildman–Crippen LogP) is 2.11. The maximum Gasteiger partial charge on any atom is 0.255 e. The predicted molar refractivity (Wildman–Crippen MR) is 104 cm³/mol. The van der Waals surface area contributed by atoms with Crippen LogP contribution in [0, 0.1) is 25.2 Å². The summed E-state index contributed by atoms with van der Waals surface area (Å²) in [5.74, 6) is -0.147. The molecule has 0 N–H and O–H groups in total. The summed E-state index contributed by atoms with van der Waals surface area (Å²) in [7, 11) is -3.71. The zero-order valence-electron chi connectivity index (χ0n) is 16.1. The highest BCUT2D eigenvalue weighted by molar-refractivity contribution is 7.89. The van der Waals surface area contributed by atoms with Crippen molar-refractivity contribution in [2.75, 3.05) is 19.6 Å². The second kappa shape index (κ2) is 7.70. The molecule has 1 saturated heterocycles. The van der Waals surface area contributed by atoms with E-state index in [2.05, 4.69) is 4.98 Å². The van der Waals surface area contributed by atoms with Crippen LogP contribution in [0.3, 0.4) is 0 Å². The van der Waals surface area contributed by atoms with Crippen LogP contribution in [-0.4, -0.2) is 54.2 Å². The van der Waals surface area contributed by atoms with Crippen LogP contribution in [0.1, 0.15) is 34.1 Å². The number of pyridine rings is 1. The highest BCUT2D eigenvalue weighted by Crippen LogP contribution is 2.25. The number of aromatic nitrogens is 1. The first-order valence-corrected chi connectivity index (χ1v) is 10.4. The molecule has 1 aliphatic heterocycles. The Balaban J connectivity index is 1.79. The average Bonchev–Trinajstić information content (AvgIpc) is 2.67. The Labute approximate surface area is 165 Å². The van der Waals surface area contributed by atoms with Crippen LogP contribution in [0.4, 0.5) is 0 Å². The van der Waals surface area contributed by atoms with E-state index in [1.165, 1.54) is 16.4 Å². The van der Waals surface area contributed by atoms with Crippen LogP contribution in [-0.2, 0) is 10.0 Å². The molecule has 0 spiro atoms. The minimum atomic E-state index is -3.71. The molecule has 2 heterocycles. The molecule has 1 aromatic heterocycles. The molecule has 1 aliphatic rings. The maximum atomic E-state index is 13.1. The molecule has 1 aromatic carbocycles. The molecule has 0 unspecified atom stereocenters. The van der Waals surface area contributed by atoms with Crippen molar-refractivity contribution in [3.63, 3.8) is 0 Å². The molecule has 1 fully saturated rings. The smallest absolute Gasteiger partial charge is 0.255 e. The van der Waals surface area contributed by atoms with Gasteiger partial charge in [0, 0.05) is 37.6 Å². The quantitative estimate of drug-likeness (QED) is 0.789. The normalized spacial score (nSPS) is 17.9. The number of rotatable bonds is 3. The van der Waals surface area contributed by atoms with Gasteiger partial charge in [0.25, 0.3) is 5.91 Å². The van der Waals surface area contributed by atoms with Crippen molar-refractivity contribution in [2.24, 2.45) is 0 Å². The molecule has 0 bridgehead atoms. The third kappa shape index (κ3) is 3.77. The first-order valence-electron chi connectivity index (χ1n) is 8.98. The van der Waals surface area contributed by atoms with Gasteiger partial charge in [0.05, 0.1) is 22.1 Å². The maximum absolute atomic E-state index is 13.1. The second-order valence-electron chi connectivity index (χ2n) is 7.00. The lowest BCUT2D eigenvalue weighted by Gasteiger charge is -2.39. The Hall–Kier alpha value is -2.76. The SMILES string of the molecule is Cc1ccc(C(=O)N2CCN(S(=O)(=O)c3ccc(C#N)cc3C)[C@@H](C)C2)cn1. The fraction of sp³-hybridized carbons (Fsp3) is 0.350. The van der Waals surface area contributed by atoms with Gasteiger partial charge in [0.15, 0.2) is 0 Å². The van der Waals surface area contributed by atoms with Crippen LogP contribution in [0.15, 0.2) is 41.4 Å². The van der Waals surface area contributed by atoms with E-state index < -0.39 is 10.0 Å². The number of hydrogen-bond donors (Lipinski definition) is 0. The number of nitrogens with zero attached hydrogens (tertiary/aromatic N) is 4. The van der Waals surface area contributed by atoms with Crippen molar-refractivity contribution in [2.45, 2.75) is 31.7 Å². The van der Waals surface area contributed by atoms with Crippen LogP contribution in [0.25, 0.3) is 0 Å². The molecule has 8 heteroatoms. The van der Waals surface area contributed by atoms with Crippen LogP contribution in [0.5, 0.6) is 0 Å². The fourth-order valence-corrected chi connectivity index (χ4v) is 5.22. The number of benzene rings is 1. The Morgan fingerprint density at radius 3 is 2.54 bits per heavy atom. The van der Waals surface area contributed by atoms with Gasteiger partial charge in [-0.25, -0.2) is 8.42 Å². The van der Waals surface area contributed by atoms with Gasteiger partial charge in [0.2, 0.25) is 10.0 Å². The van der Waals surface area contributed by atoms with E-state index in [4.69, 9.17) is 5.26 Å². The van der Waals surface area contributed by atoms with Crippen LogP contribution >= 0.6 is 0 Å². The van der Waals surface area contributed by atoms with E-state index in [0.29, 0.717) is 29.8 Å². The number of nitriles is 1. The molecule has 0 saturated carbocycles. The first kappa shape index (κ1) is 20.0. The lowest BCUT2D eigenvalue weighted by atomic mass is 10.1. The first-order chi connectivity index (χ1) is 13.2. The number of carbonyl (C=O) groups excluding carboxylic acids is 1. The molecule has 3 rings (SSSR count). The van der Waals surface area contributed by atoms with Crippen molar-refractivity contribution in [3.8, 4) is 6.07 Å². The Bertz CT molecular complexity index is 1040. The average molecular weight is 398 g/mol. The number of amides is 1. The molecule has 0 aliphatic carbocycles. The summed E-state index contributed by atoms with van der Waals surface area (Å²) < 4.78 is 27.7. The summed E-state index contributed by atoms with van der Waals surface area (Å²) in [4.78, 5) is 18.7. The number of aryl methyl sites for hydroxylation is 2. The van der Waals surface area contributed by atoms with Gasteiger partial charge in [-0.15, -0.1) is 0 Å². The van der Waals surface area contributed by atoms with E-state index in [0.717, 1.165) is 5.69 Å². The van der Waals surface area contributed by atoms with Crippen LogP contribution < -0.4 is 0 Å². The number of piperazine rings is 1. The van der Waals surface area contributed by atoms with Crippen molar-refractivity contribution in [1.29, 1.82) is 5.26 Å². The summed E-state index contributed by atoms with van der Waals surface area (Å²) in [6, 6.07) is 9.72. The Morgan fingerprint density at radius 1 is 1.21 bits per heavy atom. The van der Waals surface area contributed by atoms with Gasteiger partial charge in [-0.05, 0) is 56.7 Å². The highest BCUT2D eigenvalue weighted by Gasteiger charge is 2.36. The Kier molecular flexibility index (Phi) is 5.49. The van der Waals surface area contributed by atoms with Crippen molar-refractivity contribution in [3.05, 3.63) is 58.9 Å². The van der Waals surface area contributed by atoms with E-state index in [-0.39, 0.29) is 23.4 Å². The second-order valence-corrected chi connectivity index (χ2v) is 8.86. The van der Waals surface area contributed by atoms with Gasteiger partial charge in [-0.2, -0.15) is 9.57 Å². The standard InChI is InChI=1S/C20H22N4O3S/c1-14-10-17(11-21)5-7-19(14)28(26,27)24-9-8-23(13-16(24)3)20(25)18-6-4-15(2)22-12-18/h4-7,10,12,16H,8-9,13H2,1-3H3/t16-/m0/s1. The summed E-state index contributed by atoms with van der Waals surface area (Å²) >= 11 is 0. The molecule has 28 heavy (non-hydrogen) atoms. The van der Waals surface area contributed by atoms with E-state index in [9.17, 15) is 13.2 Å². The van der Waals surface area contributed by atoms with Crippen molar-refractivity contribution < 1.29 is 13.2 Å². The summed E-state index contributed by atoms with van der Waals surface area (Å²) in [6.45, 7) is 6.16. The number of hydrogen-bond acceptors (Lipinski definition) is 5. The lowest BCUT2D eigenvalue weighted by Crippen LogP contribution is -2.55. The number of sulfonamides is 1. The fourth-order valence-electron chi connectivity index (χ4n) is 3.39. The summed E-state index contributed by atoms with van der Waals surface area (Å²) in [5.41, 5.74) is 2.29. The third-order valence-corrected chi connectivity index (χ3v) is 7.08. The minimum absolute atomic E-state index is 0.147. The molecule has 146 valence electrons. The van der Waals surface area contributed by atoms with Crippen LogP contribution in [0.2, 0.25) is 0 Å². The van der Waals surface area contributed by atoms with Crippen molar-refractivity contribution >= 4 is 15.9 Å². The van der Waals surface area contributed by atoms with Gasteiger partial charge in [-0.3, -0.25) is 9.78 Å². The van der Waals surface area contributed by atoms with Gasteiger partial charge >= 0.3 is 0 Å². The summed E-state index contributed by atoms with van der Waals surface area (Å²) in [5, 5.41) is 8.99. The van der Waals surface area contributed by atoms with E-state index in [1.807, 2.05) is 13.0 Å². The zero-order chi connectivity index (χ0) is 20.5.